The Kier molecular flexibility index (Phi) is 11.2. The number of fused-ring (bicyclic) bond motifs is 1. The van der Waals surface area contributed by atoms with Crippen LogP contribution in [-0.4, -0.2) is 21.1 Å². The smallest absolute Gasteiger partial charge is 0.107 e. The molecule has 4 heteroatoms. The predicted octanol–water partition coefficient (Wildman–Crippen LogP) is 4.37. The highest BCUT2D eigenvalue weighted by Crippen LogP contribution is 2.38. The van der Waals surface area contributed by atoms with E-state index < -0.39 is 0 Å². The second-order valence-electron chi connectivity index (χ2n) is 5.89. The van der Waals surface area contributed by atoms with E-state index in [1.807, 2.05) is 12.1 Å². The van der Waals surface area contributed by atoms with Crippen LogP contribution in [0, 0.1) is 0 Å². The molecule has 4 rings (SSSR count). The van der Waals surface area contributed by atoms with Crippen LogP contribution in [0.25, 0.3) is 21.9 Å². The normalized spacial score (nSPS) is 11.7. The Morgan fingerprint density at radius 1 is 0.724 bits per heavy atom. The molecule has 0 fully saturated rings. The molecule has 0 atom stereocenters. The van der Waals surface area contributed by atoms with Gasteiger partial charge in [0.2, 0.25) is 0 Å². The minimum Gasteiger partial charge on any atom is -0.333 e. The summed E-state index contributed by atoms with van der Waals surface area (Å²) < 4.78 is 0. The summed E-state index contributed by atoms with van der Waals surface area (Å²) >= 11 is 0. The summed E-state index contributed by atoms with van der Waals surface area (Å²) in [6, 6.07) is 20.9. The van der Waals surface area contributed by atoms with E-state index in [1.165, 1.54) is 48.6 Å². The van der Waals surface area contributed by atoms with Crippen LogP contribution in [0.2, 0.25) is 0 Å². The van der Waals surface area contributed by atoms with Gasteiger partial charge in [0.15, 0.2) is 0 Å². The van der Waals surface area contributed by atoms with Gasteiger partial charge in [0.1, 0.15) is 6.61 Å². The fraction of sp³-hybridized carbons (Fsp3) is 0.200. The van der Waals surface area contributed by atoms with Gasteiger partial charge in [-0.25, -0.2) is 5.11 Å². The first-order valence-electron chi connectivity index (χ1n) is 9.64. The van der Waals surface area contributed by atoms with Gasteiger partial charge in [-0.3, -0.25) is 0 Å². The predicted molar refractivity (Wildman–Crippen MR) is 125 cm³/mol. The molecular formula is C25H32N3O. The second-order valence-corrected chi connectivity index (χ2v) is 5.89. The van der Waals surface area contributed by atoms with Crippen molar-refractivity contribution in [2.45, 2.75) is 12.5 Å². The fourth-order valence-corrected chi connectivity index (χ4v) is 3.30. The number of benzene rings is 3. The molecule has 0 bridgehead atoms. The topological polar surface area (TPSA) is 98.0 Å². The van der Waals surface area contributed by atoms with Crippen molar-refractivity contribution < 1.29 is 5.11 Å². The highest BCUT2D eigenvalue weighted by Gasteiger charge is 2.16. The molecule has 0 unspecified atom stereocenters. The van der Waals surface area contributed by atoms with Crippen molar-refractivity contribution in [2.24, 2.45) is 17.2 Å². The standard InChI is InChI=1S/C22H17O.3CH5N/c23-15-16-9-11-19(12-10-16)22-20-8-4-3-7-18(20)13-14-21(22)17-5-1-2-6-17;3*1-2/h1-14,17H,15H2;3*2H2,1H3. The van der Waals surface area contributed by atoms with E-state index >= 15 is 0 Å². The summed E-state index contributed by atoms with van der Waals surface area (Å²) in [5.74, 6) is 0.314. The van der Waals surface area contributed by atoms with Crippen LogP contribution in [0.1, 0.15) is 17.0 Å². The van der Waals surface area contributed by atoms with Crippen molar-refractivity contribution >= 4 is 10.8 Å². The van der Waals surface area contributed by atoms with Gasteiger partial charge in [-0.05, 0) is 54.2 Å². The van der Waals surface area contributed by atoms with E-state index in [-0.39, 0.29) is 6.61 Å². The monoisotopic (exact) mass is 390 g/mol. The van der Waals surface area contributed by atoms with Crippen molar-refractivity contribution in [3.05, 3.63) is 96.1 Å². The Labute approximate surface area is 174 Å². The number of allylic oxidation sites excluding steroid dienone is 4. The molecule has 0 saturated heterocycles. The van der Waals surface area contributed by atoms with Crippen LogP contribution in [0.15, 0.2) is 85.0 Å². The van der Waals surface area contributed by atoms with Gasteiger partial charge in [-0.2, -0.15) is 0 Å². The van der Waals surface area contributed by atoms with Crippen LogP contribution >= 0.6 is 0 Å². The van der Waals surface area contributed by atoms with E-state index in [1.54, 1.807) is 0 Å². The molecule has 3 aromatic rings. The van der Waals surface area contributed by atoms with Crippen molar-refractivity contribution in [3.8, 4) is 11.1 Å². The van der Waals surface area contributed by atoms with E-state index in [0.29, 0.717) is 5.92 Å². The summed E-state index contributed by atoms with van der Waals surface area (Å²) in [7, 11) is 4.50. The third-order valence-electron chi connectivity index (χ3n) is 4.48. The number of hydrogen-bond donors (Lipinski definition) is 3. The molecule has 6 N–H and O–H groups in total. The Morgan fingerprint density at radius 2 is 1.31 bits per heavy atom. The van der Waals surface area contributed by atoms with Gasteiger partial charge >= 0.3 is 0 Å². The molecule has 1 aliphatic rings. The lowest BCUT2D eigenvalue weighted by Gasteiger charge is -2.17. The zero-order valence-electron chi connectivity index (χ0n) is 17.5. The maximum atomic E-state index is 11.0. The molecule has 0 aromatic heterocycles. The van der Waals surface area contributed by atoms with E-state index in [9.17, 15) is 5.11 Å². The molecule has 0 aliphatic heterocycles. The van der Waals surface area contributed by atoms with Gasteiger partial charge in [0, 0.05) is 5.92 Å². The summed E-state index contributed by atoms with van der Waals surface area (Å²) in [5, 5.41) is 13.5. The molecule has 0 spiro atoms. The lowest BCUT2D eigenvalue weighted by molar-refractivity contribution is 0.177. The number of rotatable bonds is 3. The van der Waals surface area contributed by atoms with Crippen molar-refractivity contribution in [1.82, 2.24) is 0 Å². The maximum absolute atomic E-state index is 11.0. The molecule has 29 heavy (non-hydrogen) atoms. The van der Waals surface area contributed by atoms with Crippen molar-refractivity contribution in [2.75, 3.05) is 21.1 Å². The van der Waals surface area contributed by atoms with Crippen LogP contribution in [0.5, 0.6) is 0 Å². The van der Waals surface area contributed by atoms with Gasteiger partial charge in [-0.1, -0.05) is 85.0 Å². The Balaban J connectivity index is 0.000000644. The first-order chi connectivity index (χ1) is 14.4. The highest BCUT2D eigenvalue weighted by molar-refractivity contribution is 5.98. The Morgan fingerprint density at radius 3 is 1.90 bits per heavy atom. The van der Waals surface area contributed by atoms with Gasteiger partial charge < -0.3 is 17.2 Å². The summed E-state index contributed by atoms with van der Waals surface area (Å²) in [4.78, 5) is 0. The maximum Gasteiger partial charge on any atom is 0.107 e. The summed E-state index contributed by atoms with van der Waals surface area (Å²) in [6.45, 7) is -0.170. The molecule has 0 heterocycles. The summed E-state index contributed by atoms with van der Waals surface area (Å²) in [6.07, 6.45) is 8.65. The number of hydrogen-bond acceptors (Lipinski definition) is 3. The second kappa shape index (κ2) is 13.4. The lowest BCUT2D eigenvalue weighted by atomic mass is 9.87. The minimum absolute atomic E-state index is 0.170. The molecule has 0 saturated carbocycles. The minimum atomic E-state index is -0.170. The van der Waals surface area contributed by atoms with Crippen LogP contribution in [0.4, 0.5) is 0 Å². The molecule has 153 valence electrons. The quantitative estimate of drug-likeness (QED) is 0.619. The third kappa shape index (κ3) is 5.86. The SMILES string of the molecule is CN.CN.CN.[O]Cc1ccc(-c2c(C3C=CC=C3)ccc3ccccc23)cc1. The van der Waals surface area contributed by atoms with Gasteiger partial charge in [0.25, 0.3) is 0 Å². The molecule has 1 radical (unpaired) electrons. The average molecular weight is 391 g/mol. The zero-order valence-corrected chi connectivity index (χ0v) is 17.5. The van der Waals surface area contributed by atoms with Gasteiger partial charge in [0.05, 0.1) is 0 Å². The van der Waals surface area contributed by atoms with Crippen LogP contribution < -0.4 is 17.2 Å². The zero-order chi connectivity index (χ0) is 21.6. The highest BCUT2D eigenvalue weighted by atomic mass is 16.3. The van der Waals surface area contributed by atoms with Crippen LogP contribution in [-0.2, 0) is 11.7 Å². The Bertz CT molecular complexity index is 903. The van der Waals surface area contributed by atoms with Crippen molar-refractivity contribution in [1.29, 1.82) is 0 Å². The Hall–Kier alpha value is -2.76. The molecule has 1 aliphatic carbocycles. The summed E-state index contributed by atoms with van der Waals surface area (Å²) in [5.41, 5.74) is 18.1. The fourth-order valence-electron chi connectivity index (χ4n) is 3.30. The lowest BCUT2D eigenvalue weighted by Crippen LogP contribution is -1.95. The van der Waals surface area contributed by atoms with Crippen molar-refractivity contribution in [3.63, 3.8) is 0 Å². The van der Waals surface area contributed by atoms with E-state index in [4.69, 9.17) is 0 Å². The van der Waals surface area contributed by atoms with E-state index in [0.717, 1.165) is 5.56 Å². The number of nitrogens with two attached hydrogens (primary N) is 3. The molecular weight excluding hydrogens is 358 g/mol. The van der Waals surface area contributed by atoms with Gasteiger partial charge in [-0.15, -0.1) is 0 Å². The largest absolute Gasteiger partial charge is 0.333 e. The third-order valence-corrected chi connectivity index (χ3v) is 4.48. The average Bonchev–Trinajstić information content (AvgIpc) is 3.37. The van der Waals surface area contributed by atoms with E-state index in [2.05, 4.69) is 90.0 Å². The molecule has 3 aromatic carbocycles. The first kappa shape index (κ1) is 24.3. The first-order valence-corrected chi connectivity index (χ1v) is 9.64. The van der Waals surface area contributed by atoms with Crippen LogP contribution in [0.3, 0.4) is 0 Å². The molecule has 0 amide bonds. The molecule has 4 nitrogen and oxygen atoms in total.